The highest BCUT2D eigenvalue weighted by Gasteiger charge is 1.90. The molecule has 0 fully saturated rings. The molecule has 0 aromatic heterocycles. The summed E-state index contributed by atoms with van der Waals surface area (Å²) < 4.78 is 0. The van der Waals surface area contributed by atoms with Crippen molar-refractivity contribution in [3.63, 3.8) is 0 Å². The van der Waals surface area contributed by atoms with E-state index >= 15 is 0 Å². The lowest BCUT2D eigenvalue weighted by Gasteiger charge is -2.11. The largest absolute Gasteiger partial charge is 0.397 e. The van der Waals surface area contributed by atoms with E-state index in [1.165, 1.54) is 0 Å². The Morgan fingerprint density at radius 1 is 1.70 bits per heavy atom. The molecule has 0 radical (unpaired) electrons. The SMILES string of the molecule is C=C(C)/C(N)=C\N(C)CC. The fourth-order valence-electron chi connectivity index (χ4n) is 0.439. The van der Waals surface area contributed by atoms with Crippen LogP contribution < -0.4 is 5.73 Å². The van der Waals surface area contributed by atoms with Gasteiger partial charge >= 0.3 is 0 Å². The van der Waals surface area contributed by atoms with E-state index in [2.05, 4.69) is 13.5 Å². The Labute approximate surface area is 63.0 Å². The van der Waals surface area contributed by atoms with Gasteiger partial charge in [0, 0.05) is 25.5 Å². The summed E-state index contributed by atoms with van der Waals surface area (Å²) in [5.41, 5.74) is 7.28. The van der Waals surface area contributed by atoms with Crippen molar-refractivity contribution in [3.8, 4) is 0 Å². The van der Waals surface area contributed by atoms with E-state index in [1.807, 2.05) is 25.1 Å². The molecule has 2 nitrogen and oxygen atoms in total. The van der Waals surface area contributed by atoms with Crippen LogP contribution in [0.25, 0.3) is 0 Å². The summed E-state index contributed by atoms with van der Waals surface area (Å²) in [4.78, 5) is 2.02. The van der Waals surface area contributed by atoms with Crippen molar-refractivity contribution in [2.24, 2.45) is 5.73 Å². The highest BCUT2D eigenvalue weighted by Crippen LogP contribution is 1.98. The lowest BCUT2D eigenvalue weighted by Crippen LogP contribution is -2.13. The van der Waals surface area contributed by atoms with Crippen molar-refractivity contribution in [1.82, 2.24) is 4.90 Å². The van der Waals surface area contributed by atoms with Crippen LogP contribution in [0.5, 0.6) is 0 Å². The molecule has 0 amide bonds. The van der Waals surface area contributed by atoms with Gasteiger partial charge in [-0.2, -0.15) is 0 Å². The smallest absolute Gasteiger partial charge is 0.0499 e. The Hall–Kier alpha value is -0.920. The minimum Gasteiger partial charge on any atom is -0.397 e. The molecule has 2 N–H and O–H groups in total. The number of allylic oxidation sites excluding steroid dienone is 1. The molecule has 0 aliphatic carbocycles. The molecule has 0 unspecified atom stereocenters. The van der Waals surface area contributed by atoms with Crippen molar-refractivity contribution in [2.75, 3.05) is 13.6 Å². The second-order valence-corrected chi connectivity index (χ2v) is 2.44. The maximum atomic E-state index is 5.61. The Bertz CT molecular complexity index is 147. The van der Waals surface area contributed by atoms with E-state index in [9.17, 15) is 0 Å². The Balaban J connectivity index is 4.02. The lowest BCUT2D eigenvalue weighted by molar-refractivity contribution is 0.480. The number of nitrogens with two attached hydrogens (primary N) is 1. The third-order valence-corrected chi connectivity index (χ3v) is 1.35. The van der Waals surface area contributed by atoms with Crippen molar-refractivity contribution in [2.45, 2.75) is 13.8 Å². The Kier molecular flexibility index (Phi) is 3.62. The zero-order valence-corrected chi connectivity index (χ0v) is 7.02. The average Bonchev–Trinajstić information content (AvgIpc) is 1.87. The monoisotopic (exact) mass is 140 g/mol. The standard InChI is InChI=1S/C8H16N2/c1-5-10(4)6-8(9)7(2)3/h6H,2,5,9H2,1,3-4H3/b8-6+. The Morgan fingerprint density at radius 2 is 2.20 bits per heavy atom. The first-order valence-electron chi connectivity index (χ1n) is 3.41. The normalized spacial score (nSPS) is 11.3. The van der Waals surface area contributed by atoms with Gasteiger partial charge in [0.1, 0.15) is 0 Å². The minimum absolute atomic E-state index is 0.754. The molecule has 0 atom stereocenters. The molecule has 58 valence electrons. The first-order chi connectivity index (χ1) is 4.57. The average molecular weight is 140 g/mol. The van der Waals surface area contributed by atoms with Gasteiger partial charge in [0.2, 0.25) is 0 Å². The van der Waals surface area contributed by atoms with Crippen LogP contribution in [0.3, 0.4) is 0 Å². The molecule has 0 aliphatic rings. The van der Waals surface area contributed by atoms with Gasteiger partial charge in [0.05, 0.1) is 0 Å². The molecule has 0 spiro atoms. The van der Waals surface area contributed by atoms with Crippen LogP contribution in [0, 0.1) is 0 Å². The van der Waals surface area contributed by atoms with E-state index in [4.69, 9.17) is 5.73 Å². The quantitative estimate of drug-likeness (QED) is 0.599. The molecule has 0 bridgehead atoms. The number of nitrogens with zero attached hydrogens (tertiary/aromatic N) is 1. The third-order valence-electron chi connectivity index (χ3n) is 1.35. The van der Waals surface area contributed by atoms with E-state index in [-0.39, 0.29) is 0 Å². The van der Waals surface area contributed by atoms with Gasteiger partial charge in [-0.1, -0.05) is 6.58 Å². The molecule has 10 heavy (non-hydrogen) atoms. The summed E-state index contributed by atoms with van der Waals surface area (Å²) >= 11 is 0. The van der Waals surface area contributed by atoms with Gasteiger partial charge in [-0.3, -0.25) is 0 Å². The minimum atomic E-state index is 0.754. The van der Waals surface area contributed by atoms with Crippen LogP contribution in [0.4, 0.5) is 0 Å². The van der Waals surface area contributed by atoms with Gasteiger partial charge in [-0.15, -0.1) is 0 Å². The zero-order chi connectivity index (χ0) is 8.15. The molecule has 0 aromatic rings. The molecular weight excluding hydrogens is 124 g/mol. The van der Waals surface area contributed by atoms with E-state index < -0.39 is 0 Å². The van der Waals surface area contributed by atoms with E-state index in [0.29, 0.717) is 0 Å². The summed E-state index contributed by atoms with van der Waals surface area (Å²) in [6, 6.07) is 0. The van der Waals surface area contributed by atoms with E-state index in [0.717, 1.165) is 17.8 Å². The predicted molar refractivity (Wildman–Crippen MR) is 45.4 cm³/mol. The fourth-order valence-corrected chi connectivity index (χ4v) is 0.439. The molecule has 0 saturated carbocycles. The molecule has 0 saturated heterocycles. The number of hydrogen-bond acceptors (Lipinski definition) is 2. The van der Waals surface area contributed by atoms with Crippen molar-refractivity contribution in [3.05, 3.63) is 24.0 Å². The second kappa shape index (κ2) is 3.99. The molecule has 0 aromatic carbocycles. The van der Waals surface area contributed by atoms with Crippen LogP contribution in [0.2, 0.25) is 0 Å². The molecule has 0 aliphatic heterocycles. The maximum Gasteiger partial charge on any atom is 0.0499 e. The highest BCUT2D eigenvalue weighted by molar-refractivity contribution is 5.21. The first kappa shape index (κ1) is 9.08. The van der Waals surface area contributed by atoms with Crippen LogP contribution in [-0.2, 0) is 0 Å². The molecule has 0 heterocycles. The van der Waals surface area contributed by atoms with Crippen molar-refractivity contribution in [1.29, 1.82) is 0 Å². The van der Waals surface area contributed by atoms with Gasteiger partial charge in [0.15, 0.2) is 0 Å². The first-order valence-corrected chi connectivity index (χ1v) is 3.41. The third kappa shape index (κ3) is 3.17. The van der Waals surface area contributed by atoms with Crippen molar-refractivity contribution >= 4 is 0 Å². The topological polar surface area (TPSA) is 29.3 Å². The van der Waals surface area contributed by atoms with Gasteiger partial charge in [-0.05, 0) is 19.4 Å². The number of rotatable bonds is 3. The van der Waals surface area contributed by atoms with Crippen LogP contribution in [0.15, 0.2) is 24.0 Å². The van der Waals surface area contributed by atoms with Crippen LogP contribution >= 0.6 is 0 Å². The predicted octanol–water partition coefficient (Wildman–Crippen LogP) is 1.31. The molecule has 2 heteroatoms. The Morgan fingerprint density at radius 3 is 2.50 bits per heavy atom. The fraction of sp³-hybridized carbons (Fsp3) is 0.500. The maximum absolute atomic E-state index is 5.61. The highest BCUT2D eigenvalue weighted by atomic mass is 15.1. The summed E-state index contributed by atoms with van der Waals surface area (Å²) in [6.07, 6.45) is 1.89. The summed E-state index contributed by atoms with van der Waals surface area (Å²) in [7, 11) is 1.98. The van der Waals surface area contributed by atoms with E-state index in [1.54, 1.807) is 0 Å². The summed E-state index contributed by atoms with van der Waals surface area (Å²) in [5, 5.41) is 0. The number of hydrogen-bond donors (Lipinski definition) is 1. The van der Waals surface area contributed by atoms with Crippen molar-refractivity contribution < 1.29 is 0 Å². The zero-order valence-electron chi connectivity index (χ0n) is 7.02. The molecule has 0 rings (SSSR count). The van der Waals surface area contributed by atoms with Gasteiger partial charge in [0.25, 0.3) is 0 Å². The van der Waals surface area contributed by atoms with Crippen LogP contribution in [-0.4, -0.2) is 18.5 Å². The lowest BCUT2D eigenvalue weighted by atomic mass is 10.3. The summed E-state index contributed by atoms with van der Waals surface area (Å²) in [5.74, 6) is 0. The van der Waals surface area contributed by atoms with Crippen LogP contribution in [0.1, 0.15) is 13.8 Å². The van der Waals surface area contributed by atoms with Gasteiger partial charge < -0.3 is 10.6 Å². The summed E-state index contributed by atoms with van der Waals surface area (Å²) in [6.45, 7) is 8.66. The molecular formula is C8H16N2. The van der Waals surface area contributed by atoms with Gasteiger partial charge in [-0.25, -0.2) is 0 Å². The second-order valence-electron chi connectivity index (χ2n) is 2.44.